The topological polar surface area (TPSA) is 9.29 Å². The van der Waals surface area contributed by atoms with Crippen LogP contribution in [0.2, 0.25) is 0 Å². The van der Waals surface area contributed by atoms with E-state index in [9.17, 15) is 0 Å². The molecule has 2 rings (SSSR count). The Balaban J connectivity index is 2.84. The van der Waals surface area contributed by atoms with E-state index in [1.807, 2.05) is 24.4 Å². The van der Waals surface area contributed by atoms with E-state index in [2.05, 4.69) is 36.2 Å². The Kier molecular flexibility index (Phi) is 2.04. The predicted molar refractivity (Wildman–Crippen MR) is 63.2 cm³/mol. The van der Waals surface area contributed by atoms with Crippen molar-refractivity contribution in [3.63, 3.8) is 0 Å². The van der Waals surface area contributed by atoms with Gasteiger partial charge in [-0.1, -0.05) is 18.2 Å². The fourth-order valence-electron chi connectivity index (χ4n) is 1.81. The van der Waals surface area contributed by atoms with Crippen molar-refractivity contribution in [2.24, 2.45) is 0 Å². The summed E-state index contributed by atoms with van der Waals surface area (Å²) in [7, 11) is 0. The number of aromatic nitrogens is 1. The number of nitrogens with zero attached hydrogens (tertiary/aromatic N) is 2. The summed E-state index contributed by atoms with van der Waals surface area (Å²) in [6.45, 7) is 13.6. The van der Waals surface area contributed by atoms with Gasteiger partial charge in [0.2, 0.25) is 5.69 Å². The Hall–Kier alpha value is -1.75. The van der Waals surface area contributed by atoms with E-state index in [0.717, 1.165) is 16.6 Å². The van der Waals surface area contributed by atoms with E-state index in [0.29, 0.717) is 0 Å². The number of hydrogen-bond donors (Lipinski definition) is 0. The first-order chi connectivity index (χ1) is 7.04. The van der Waals surface area contributed by atoms with E-state index < -0.39 is 0 Å². The zero-order chi connectivity index (χ0) is 11.1. The molecule has 0 aliphatic heterocycles. The maximum Gasteiger partial charge on any atom is 0.212 e. The third-order valence-electron chi connectivity index (χ3n) is 2.53. The van der Waals surface area contributed by atoms with Crippen LogP contribution < -0.4 is 0 Å². The molecule has 15 heavy (non-hydrogen) atoms. The Bertz CT molecular complexity index is 536. The monoisotopic (exact) mass is 198 g/mol. The fourth-order valence-corrected chi connectivity index (χ4v) is 1.81. The van der Waals surface area contributed by atoms with Gasteiger partial charge in [0, 0.05) is 22.6 Å². The molecule has 0 radical (unpaired) electrons. The molecule has 0 saturated heterocycles. The lowest BCUT2D eigenvalue weighted by Gasteiger charge is -2.22. The Morgan fingerprint density at radius 1 is 1.20 bits per heavy atom. The lowest BCUT2D eigenvalue weighted by Crippen LogP contribution is -2.20. The lowest BCUT2D eigenvalue weighted by atomic mass is 10.1. The van der Waals surface area contributed by atoms with Gasteiger partial charge in [0.15, 0.2) is 0 Å². The first-order valence-electron chi connectivity index (χ1n) is 5.02. The van der Waals surface area contributed by atoms with Crippen molar-refractivity contribution in [3.05, 3.63) is 41.9 Å². The van der Waals surface area contributed by atoms with Crippen LogP contribution in [0.25, 0.3) is 15.7 Å². The van der Waals surface area contributed by atoms with Crippen molar-refractivity contribution in [2.45, 2.75) is 26.3 Å². The minimum atomic E-state index is 0.0164. The molecule has 0 saturated carbocycles. The third-order valence-corrected chi connectivity index (χ3v) is 2.53. The summed E-state index contributed by atoms with van der Waals surface area (Å²) >= 11 is 0. The lowest BCUT2D eigenvalue weighted by molar-refractivity contribution is 0.411. The smallest absolute Gasteiger partial charge is 0.212 e. The molecule has 1 aromatic heterocycles. The average molecular weight is 198 g/mol. The molecule has 0 aliphatic carbocycles. The predicted octanol–water partition coefficient (Wildman–Crippen LogP) is 3.95. The number of rotatable bonds is 0. The zero-order valence-corrected chi connectivity index (χ0v) is 9.28. The molecule has 0 amide bonds. The highest BCUT2D eigenvalue weighted by Gasteiger charge is 2.17. The van der Waals surface area contributed by atoms with Crippen molar-refractivity contribution in [2.75, 3.05) is 0 Å². The zero-order valence-electron chi connectivity index (χ0n) is 9.28. The quantitative estimate of drug-likeness (QED) is 0.567. The van der Waals surface area contributed by atoms with E-state index in [1.165, 1.54) is 0 Å². The number of benzene rings is 1. The molecule has 1 heterocycles. The Morgan fingerprint density at radius 3 is 2.47 bits per heavy atom. The van der Waals surface area contributed by atoms with Gasteiger partial charge in [-0.3, -0.25) is 0 Å². The first kappa shape index (κ1) is 9.79. The van der Waals surface area contributed by atoms with Crippen LogP contribution in [0.1, 0.15) is 20.8 Å². The van der Waals surface area contributed by atoms with Crippen molar-refractivity contribution in [3.8, 4) is 0 Å². The van der Waals surface area contributed by atoms with Crippen LogP contribution in [0.3, 0.4) is 0 Å². The van der Waals surface area contributed by atoms with Gasteiger partial charge in [0.05, 0.1) is 6.57 Å². The summed E-state index contributed by atoms with van der Waals surface area (Å²) in [5.74, 6) is 0. The summed E-state index contributed by atoms with van der Waals surface area (Å²) in [4.78, 5) is 3.56. The normalized spacial score (nSPS) is 11.6. The van der Waals surface area contributed by atoms with Crippen molar-refractivity contribution >= 4 is 16.6 Å². The molecular formula is C13H14N2. The molecule has 0 unspecified atom stereocenters. The largest absolute Gasteiger partial charge is 0.353 e. The SMILES string of the molecule is [C-]#[N+]c1cn(C(C)(C)C)c2ccccc12. The van der Waals surface area contributed by atoms with Crippen molar-refractivity contribution in [1.82, 2.24) is 4.57 Å². The van der Waals surface area contributed by atoms with E-state index in [1.54, 1.807) is 0 Å². The van der Waals surface area contributed by atoms with Crippen LogP contribution >= 0.6 is 0 Å². The van der Waals surface area contributed by atoms with Gasteiger partial charge in [0.1, 0.15) is 0 Å². The van der Waals surface area contributed by atoms with Gasteiger partial charge in [0.25, 0.3) is 0 Å². The van der Waals surface area contributed by atoms with Crippen LogP contribution in [-0.2, 0) is 5.54 Å². The van der Waals surface area contributed by atoms with E-state index in [4.69, 9.17) is 6.57 Å². The highest BCUT2D eigenvalue weighted by atomic mass is 15.0. The molecule has 2 nitrogen and oxygen atoms in total. The van der Waals surface area contributed by atoms with Gasteiger partial charge in [-0.25, -0.2) is 4.85 Å². The van der Waals surface area contributed by atoms with E-state index in [-0.39, 0.29) is 5.54 Å². The molecule has 0 spiro atoms. The van der Waals surface area contributed by atoms with Gasteiger partial charge in [-0.15, -0.1) is 0 Å². The fraction of sp³-hybridized carbons (Fsp3) is 0.308. The van der Waals surface area contributed by atoms with Crippen molar-refractivity contribution < 1.29 is 0 Å². The molecule has 2 aromatic rings. The van der Waals surface area contributed by atoms with Crippen LogP contribution in [-0.4, -0.2) is 4.57 Å². The van der Waals surface area contributed by atoms with Crippen molar-refractivity contribution in [1.29, 1.82) is 0 Å². The first-order valence-corrected chi connectivity index (χ1v) is 5.02. The molecule has 76 valence electrons. The van der Waals surface area contributed by atoms with Gasteiger partial charge in [-0.05, 0) is 26.8 Å². The Morgan fingerprint density at radius 2 is 1.87 bits per heavy atom. The summed E-state index contributed by atoms with van der Waals surface area (Å²) in [6.07, 6.45) is 1.94. The minimum absolute atomic E-state index is 0.0164. The molecule has 0 N–H and O–H groups in total. The highest BCUT2D eigenvalue weighted by Crippen LogP contribution is 2.32. The molecule has 0 atom stereocenters. The van der Waals surface area contributed by atoms with Gasteiger partial charge >= 0.3 is 0 Å². The van der Waals surface area contributed by atoms with Gasteiger partial charge < -0.3 is 4.57 Å². The molecular weight excluding hydrogens is 184 g/mol. The second kappa shape index (κ2) is 3.13. The molecule has 0 aliphatic rings. The van der Waals surface area contributed by atoms with Crippen LogP contribution in [0, 0.1) is 6.57 Å². The maximum absolute atomic E-state index is 7.16. The summed E-state index contributed by atoms with van der Waals surface area (Å²) < 4.78 is 2.16. The second-order valence-electron chi connectivity index (χ2n) is 4.68. The Labute approximate surface area is 90.0 Å². The average Bonchev–Trinajstić information content (AvgIpc) is 2.55. The molecule has 0 fully saturated rings. The summed E-state index contributed by atoms with van der Waals surface area (Å²) in [5.41, 5.74) is 1.89. The van der Waals surface area contributed by atoms with Crippen LogP contribution in [0.5, 0.6) is 0 Å². The highest BCUT2D eigenvalue weighted by molar-refractivity contribution is 5.93. The number of fused-ring (bicyclic) bond motifs is 1. The molecule has 0 bridgehead atoms. The number of hydrogen-bond acceptors (Lipinski definition) is 0. The van der Waals surface area contributed by atoms with Crippen LogP contribution in [0.4, 0.5) is 5.69 Å². The standard InChI is InChI=1S/C13H14N2/c1-13(2,3)15-9-11(14-4)10-7-5-6-8-12(10)15/h5-9H,1-3H3. The molecule has 2 heteroatoms. The minimum Gasteiger partial charge on any atom is -0.353 e. The summed E-state index contributed by atoms with van der Waals surface area (Å²) in [5, 5.41) is 1.04. The summed E-state index contributed by atoms with van der Waals surface area (Å²) in [6, 6.07) is 8.06. The second-order valence-corrected chi connectivity index (χ2v) is 4.68. The van der Waals surface area contributed by atoms with Crippen LogP contribution in [0.15, 0.2) is 30.5 Å². The third kappa shape index (κ3) is 1.50. The molecule has 1 aromatic carbocycles. The maximum atomic E-state index is 7.16. The van der Waals surface area contributed by atoms with E-state index >= 15 is 0 Å². The van der Waals surface area contributed by atoms with Gasteiger partial charge in [-0.2, -0.15) is 0 Å². The number of para-hydroxylation sites is 1.